The molecule has 0 saturated heterocycles. The molecule has 3 rings (SSSR count). The second-order valence-corrected chi connectivity index (χ2v) is 5.49. The van der Waals surface area contributed by atoms with Gasteiger partial charge in [-0.05, 0) is 36.8 Å². The van der Waals surface area contributed by atoms with Crippen LogP contribution in [-0.4, -0.2) is 32.8 Å². The number of nitrogens with zero attached hydrogens (tertiary/aromatic N) is 3. The summed E-state index contributed by atoms with van der Waals surface area (Å²) >= 11 is 0. The Morgan fingerprint density at radius 1 is 1.16 bits per heavy atom. The zero-order valence-corrected chi connectivity index (χ0v) is 13.6. The molecule has 2 aromatic heterocycles. The number of rotatable bonds is 5. The highest BCUT2D eigenvalue weighted by Gasteiger charge is 2.14. The van der Waals surface area contributed by atoms with Crippen molar-refractivity contribution in [2.75, 3.05) is 12.3 Å². The third-order valence-corrected chi connectivity index (χ3v) is 3.57. The fourth-order valence-electron chi connectivity index (χ4n) is 2.30. The van der Waals surface area contributed by atoms with Gasteiger partial charge in [-0.25, -0.2) is 14.4 Å². The molecule has 7 heteroatoms. The number of ether oxygens (including phenoxy) is 1. The minimum atomic E-state index is -0.443. The molecule has 1 aromatic carbocycles. The molecule has 0 aliphatic carbocycles. The number of pyridine rings is 1. The van der Waals surface area contributed by atoms with Crippen LogP contribution in [0.4, 0.5) is 10.2 Å². The van der Waals surface area contributed by atoms with Crippen molar-refractivity contribution in [1.29, 1.82) is 0 Å². The van der Waals surface area contributed by atoms with Crippen molar-refractivity contribution in [1.82, 2.24) is 15.0 Å². The molecule has 1 atom stereocenters. The molecule has 128 valence electrons. The van der Waals surface area contributed by atoms with Crippen molar-refractivity contribution in [3.05, 3.63) is 54.7 Å². The molecule has 3 aromatic rings. The quantitative estimate of drug-likeness (QED) is 0.741. The molecule has 0 saturated carbocycles. The van der Waals surface area contributed by atoms with Crippen LogP contribution in [0.3, 0.4) is 0 Å². The van der Waals surface area contributed by atoms with Gasteiger partial charge in [-0.2, -0.15) is 0 Å². The summed E-state index contributed by atoms with van der Waals surface area (Å²) in [4.78, 5) is 12.2. The summed E-state index contributed by atoms with van der Waals surface area (Å²) in [6, 6.07) is 8.29. The normalized spacial score (nSPS) is 12.0. The van der Waals surface area contributed by atoms with Crippen molar-refractivity contribution in [2.24, 2.45) is 0 Å². The number of hydrogen-bond donors (Lipinski definition) is 2. The van der Waals surface area contributed by atoms with Gasteiger partial charge in [0.1, 0.15) is 17.7 Å². The van der Waals surface area contributed by atoms with Crippen molar-refractivity contribution in [3.8, 4) is 28.3 Å². The summed E-state index contributed by atoms with van der Waals surface area (Å²) in [5.41, 5.74) is 7.47. The molecular weight excluding hydrogens is 323 g/mol. The Bertz CT molecular complexity index is 871. The van der Waals surface area contributed by atoms with Crippen LogP contribution in [0.1, 0.15) is 6.92 Å². The minimum absolute atomic E-state index is 0.140. The molecule has 0 aliphatic rings. The minimum Gasteiger partial charge on any atom is -0.472 e. The molecule has 0 fully saturated rings. The first-order chi connectivity index (χ1) is 12.1. The van der Waals surface area contributed by atoms with Crippen LogP contribution in [-0.2, 0) is 0 Å². The van der Waals surface area contributed by atoms with E-state index in [4.69, 9.17) is 15.6 Å². The summed E-state index contributed by atoms with van der Waals surface area (Å²) in [7, 11) is 0. The van der Waals surface area contributed by atoms with E-state index in [9.17, 15) is 4.39 Å². The standard InChI is InChI=1S/C18H17FN4O2/c1-11(10-24)25-18-13(3-2-6-21-18)12-4-5-14(15(19)7-12)16-8-23-17(20)9-22-16/h2-9,11,24H,10H2,1H3,(H2,20,23). The van der Waals surface area contributed by atoms with Crippen LogP contribution in [0.2, 0.25) is 0 Å². The first-order valence-electron chi connectivity index (χ1n) is 7.69. The molecule has 3 N–H and O–H groups in total. The lowest BCUT2D eigenvalue weighted by molar-refractivity contribution is 0.126. The van der Waals surface area contributed by atoms with Gasteiger partial charge in [-0.3, -0.25) is 4.98 Å². The van der Waals surface area contributed by atoms with E-state index in [1.807, 2.05) is 0 Å². The average molecular weight is 340 g/mol. The second-order valence-electron chi connectivity index (χ2n) is 5.49. The lowest BCUT2D eigenvalue weighted by Gasteiger charge is -2.15. The van der Waals surface area contributed by atoms with E-state index in [0.717, 1.165) is 0 Å². The van der Waals surface area contributed by atoms with Crippen LogP contribution in [0, 0.1) is 5.82 Å². The number of nitrogens with two attached hydrogens (primary N) is 1. The second kappa shape index (κ2) is 7.23. The molecule has 0 radical (unpaired) electrons. The Morgan fingerprint density at radius 2 is 2.00 bits per heavy atom. The van der Waals surface area contributed by atoms with Gasteiger partial charge in [-0.1, -0.05) is 6.07 Å². The molecule has 0 aliphatic heterocycles. The van der Waals surface area contributed by atoms with E-state index in [2.05, 4.69) is 15.0 Å². The summed E-state index contributed by atoms with van der Waals surface area (Å²) in [6.45, 7) is 1.58. The van der Waals surface area contributed by atoms with Crippen molar-refractivity contribution < 1.29 is 14.2 Å². The molecule has 2 heterocycles. The monoisotopic (exact) mass is 340 g/mol. The van der Waals surface area contributed by atoms with Crippen LogP contribution in [0.5, 0.6) is 5.88 Å². The van der Waals surface area contributed by atoms with Crippen molar-refractivity contribution >= 4 is 5.82 Å². The van der Waals surface area contributed by atoms with E-state index in [-0.39, 0.29) is 12.4 Å². The molecule has 0 spiro atoms. The maximum atomic E-state index is 14.6. The highest BCUT2D eigenvalue weighted by Crippen LogP contribution is 2.31. The average Bonchev–Trinajstić information content (AvgIpc) is 2.63. The van der Waals surface area contributed by atoms with Gasteiger partial charge in [-0.15, -0.1) is 0 Å². The molecule has 0 bridgehead atoms. The number of nitrogen functional groups attached to an aromatic ring is 1. The van der Waals surface area contributed by atoms with Gasteiger partial charge in [0.15, 0.2) is 0 Å². The third kappa shape index (κ3) is 3.72. The fraction of sp³-hybridized carbons (Fsp3) is 0.167. The third-order valence-electron chi connectivity index (χ3n) is 3.57. The van der Waals surface area contributed by atoms with E-state index >= 15 is 0 Å². The van der Waals surface area contributed by atoms with Crippen LogP contribution >= 0.6 is 0 Å². The lowest BCUT2D eigenvalue weighted by Crippen LogP contribution is -2.17. The van der Waals surface area contributed by atoms with E-state index in [0.29, 0.717) is 28.3 Å². The van der Waals surface area contributed by atoms with E-state index in [1.165, 1.54) is 18.5 Å². The zero-order chi connectivity index (χ0) is 17.8. The number of benzene rings is 1. The van der Waals surface area contributed by atoms with Gasteiger partial charge < -0.3 is 15.6 Å². The fourth-order valence-corrected chi connectivity index (χ4v) is 2.30. The lowest BCUT2D eigenvalue weighted by atomic mass is 10.0. The van der Waals surface area contributed by atoms with Crippen LogP contribution in [0.25, 0.3) is 22.4 Å². The Labute approximate surface area is 144 Å². The number of aliphatic hydroxyl groups is 1. The Balaban J connectivity index is 1.97. The zero-order valence-electron chi connectivity index (χ0n) is 13.6. The predicted molar refractivity (Wildman–Crippen MR) is 92.2 cm³/mol. The Hall–Kier alpha value is -3.06. The first kappa shape index (κ1) is 16.8. The highest BCUT2D eigenvalue weighted by atomic mass is 19.1. The molecule has 6 nitrogen and oxygen atoms in total. The Kier molecular flexibility index (Phi) is 4.85. The SMILES string of the molecule is CC(CO)Oc1ncccc1-c1ccc(-c2cnc(N)cn2)c(F)c1. The Morgan fingerprint density at radius 3 is 2.68 bits per heavy atom. The number of anilines is 1. The summed E-state index contributed by atoms with van der Waals surface area (Å²) in [5, 5.41) is 9.15. The van der Waals surface area contributed by atoms with E-state index in [1.54, 1.807) is 37.4 Å². The highest BCUT2D eigenvalue weighted by molar-refractivity contribution is 5.72. The molecule has 1 unspecified atom stereocenters. The smallest absolute Gasteiger partial charge is 0.221 e. The van der Waals surface area contributed by atoms with Crippen LogP contribution < -0.4 is 10.5 Å². The van der Waals surface area contributed by atoms with Crippen molar-refractivity contribution in [3.63, 3.8) is 0 Å². The van der Waals surface area contributed by atoms with Gasteiger partial charge in [0.25, 0.3) is 0 Å². The van der Waals surface area contributed by atoms with Crippen LogP contribution in [0.15, 0.2) is 48.9 Å². The molecule has 0 amide bonds. The number of halogens is 1. The van der Waals surface area contributed by atoms with Gasteiger partial charge >= 0.3 is 0 Å². The molecule has 25 heavy (non-hydrogen) atoms. The number of aromatic nitrogens is 3. The molecular formula is C18H17FN4O2. The topological polar surface area (TPSA) is 94.2 Å². The van der Waals surface area contributed by atoms with Crippen molar-refractivity contribution in [2.45, 2.75) is 13.0 Å². The number of hydrogen-bond acceptors (Lipinski definition) is 6. The largest absolute Gasteiger partial charge is 0.472 e. The summed E-state index contributed by atoms with van der Waals surface area (Å²) in [5.74, 6) is 0.168. The van der Waals surface area contributed by atoms with Gasteiger partial charge in [0, 0.05) is 17.3 Å². The summed E-state index contributed by atoms with van der Waals surface area (Å²) < 4.78 is 20.2. The van der Waals surface area contributed by atoms with Gasteiger partial charge in [0.2, 0.25) is 5.88 Å². The maximum Gasteiger partial charge on any atom is 0.221 e. The first-order valence-corrected chi connectivity index (χ1v) is 7.69. The summed E-state index contributed by atoms with van der Waals surface area (Å²) in [6.07, 6.45) is 3.97. The maximum absolute atomic E-state index is 14.6. The number of aliphatic hydroxyl groups excluding tert-OH is 1. The van der Waals surface area contributed by atoms with Gasteiger partial charge in [0.05, 0.1) is 24.7 Å². The van der Waals surface area contributed by atoms with E-state index < -0.39 is 11.9 Å². The predicted octanol–water partition coefficient (Wildman–Crippen LogP) is 2.69.